The molecule has 1 aliphatic carbocycles. The molecule has 1 aliphatic rings. The van der Waals surface area contributed by atoms with Gasteiger partial charge in [0.15, 0.2) is 0 Å². The Labute approximate surface area is 118 Å². The van der Waals surface area contributed by atoms with Crippen LogP contribution in [0.3, 0.4) is 0 Å². The number of carbonyl (C=O) groups excluding carboxylic acids is 1. The van der Waals surface area contributed by atoms with E-state index in [-0.39, 0.29) is 29.4 Å². The maximum atomic E-state index is 14.2. The highest BCUT2D eigenvalue weighted by atomic mass is 19.1. The molecule has 0 fully saturated rings. The van der Waals surface area contributed by atoms with E-state index < -0.39 is 17.6 Å². The zero-order valence-electron chi connectivity index (χ0n) is 12.2. The van der Waals surface area contributed by atoms with E-state index in [4.69, 9.17) is 0 Å². The van der Waals surface area contributed by atoms with Crippen molar-refractivity contribution in [3.05, 3.63) is 35.0 Å². The third-order valence-corrected chi connectivity index (χ3v) is 3.25. The topological polar surface area (TPSA) is 41.5 Å². The fraction of sp³-hybridized carbons (Fsp3) is 0.467. The number of hydrogen-bond donors (Lipinski definition) is 1. The zero-order chi connectivity index (χ0) is 15.3. The van der Waals surface area contributed by atoms with Crippen LogP contribution in [0.4, 0.5) is 8.78 Å². The molecule has 1 amide bonds. The summed E-state index contributed by atoms with van der Waals surface area (Å²) < 4.78 is 28.3. The van der Waals surface area contributed by atoms with Crippen molar-refractivity contribution in [3.63, 3.8) is 0 Å². The lowest BCUT2D eigenvalue weighted by atomic mass is 9.86. The van der Waals surface area contributed by atoms with Gasteiger partial charge in [-0.25, -0.2) is 8.78 Å². The van der Waals surface area contributed by atoms with Crippen LogP contribution in [0.2, 0.25) is 0 Å². The Morgan fingerprint density at radius 1 is 1.60 bits per heavy atom. The second-order valence-electron chi connectivity index (χ2n) is 4.84. The minimum atomic E-state index is -0.795. The molecule has 20 heavy (non-hydrogen) atoms. The molecule has 0 saturated carbocycles. The molecule has 0 aromatic rings. The highest BCUT2D eigenvalue weighted by Gasteiger charge is 2.26. The van der Waals surface area contributed by atoms with Gasteiger partial charge in [-0.3, -0.25) is 9.79 Å². The minimum absolute atomic E-state index is 0.0376. The van der Waals surface area contributed by atoms with E-state index in [0.29, 0.717) is 0 Å². The van der Waals surface area contributed by atoms with Crippen LogP contribution in [0.25, 0.3) is 0 Å². The van der Waals surface area contributed by atoms with E-state index in [9.17, 15) is 13.6 Å². The van der Waals surface area contributed by atoms with Crippen molar-refractivity contribution in [2.24, 2.45) is 16.8 Å². The van der Waals surface area contributed by atoms with Crippen LogP contribution in [0, 0.1) is 11.8 Å². The Balaban J connectivity index is 3.34. The number of nitrogens with one attached hydrogen (secondary N) is 1. The van der Waals surface area contributed by atoms with E-state index in [1.54, 1.807) is 13.0 Å². The summed E-state index contributed by atoms with van der Waals surface area (Å²) in [5, 5.41) is 2.45. The van der Waals surface area contributed by atoms with E-state index in [1.807, 2.05) is 13.0 Å². The van der Waals surface area contributed by atoms with Crippen molar-refractivity contribution < 1.29 is 13.6 Å². The van der Waals surface area contributed by atoms with Crippen LogP contribution in [-0.2, 0) is 4.79 Å². The maximum Gasteiger partial charge on any atom is 0.227 e. The molecule has 0 radical (unpaired) electrons. The zero-order valence-corrected chi connectivity index (χ0v) is 12.2. The van der Waals surface area contributed by atoms with Crippen molar-refractivity contribution in [3.8, 4) is 0 Å². The number of rotatable bonds is 4. The molecule has 3 nitrogen and oxygen atoms in total. The first kappa shape index (κ1) is 16.3. The van der Waals surface area contributed by atoms with E-state index in [1.165, 1.54) is 14.1 Å². The van der Waals surface area contributed by atoms with Crippen molar-refractivity contribution in [2.45, 2.75) is 20.3 Å². The quantitative estimate of drug-likeness (QED) is 0.791. The Morgan fingerprint density at radius 3 is 2.75 bits per heavy atom. The first-order valence-corrected chi connectivity index (χ1v) is 6.53. The summed E-state index contributed by atoms with van der Waals surface area (Å²) in [6.45, 7) is 3.42. The average molecular weight is 282 g/mol. The van der Waals surface area contributed by atoms with Gasteiger partial charge in [0.1, 0.15) is 11.7 Å². The summed E-state index contributed by atoms with van der Waals surface area (Å²) in [6.07, 6.45) is 4.57. The van der Waals surface area contributed by atoms with Gasteiger partial charge in [0.05, 0.1) is 12.1 Å². The lowest BCUT2D eigenvalue weighted by Crippen LogP contribution is -2.28. The molecule has 1 N–H and O–H groups in total. The number of aliphatic imine (C=N–C) groups is 1. The van der Waals surface area contributed by atoms with E-state index >= 15 is 0 Å². The Hall–Kier alpha value is -1.78. The number of amides is 1. The molecule has 110 valence electrons. The third kappa shape index (κ3) is 3.62. The highest BCUT2D eigenvalue weighted by Crippen LogP contribution is 2.34. The fourth-order valence-corrected chi connectivity index (χ4v) is 2.15. The molecule has 5 heteroatoms. The molecule has 2 atom stereocenters. The van der Waals surface area contributed by atoms with Gasteiger partial charge in [0.25, 0.3) is 0 Å². The van der Waals surface area contributed by atoms with Gasteiger partial charge in [-0.1, -0.05) is 19.1 Å². The predicted octanol–water partition coefficient (Wildman–Crippen LogP) is 3.11. The highest BCUT2D eigenvalue weighted by molar-refractivity contribution is 5.87. The predicted molar refractivity (Wildman–Crippen MR) is 76.8 cm³/mol. The van der Waals surface area contributed by atoms with Crippen molar-refractivity contribution in [1.82, 2.24) is 5.32 Å². The second-order valence-corrected chi connectivity index (χ2v) is 4.84. The molecule has 0 aromatic heterocycles. The summed E-state index contributed by atoms with van der Waals surface area (Å²) in [6, 6.07) is 0. The Kier molecular flexibility index (Phi) is 5.80. The van der Waals surface area contributed by atoms with Gasteiger partial charge in [-0.05, 0) is 12.8 Å². The van der Waals surface area contributed by atoms with Gasteiger partial charge < -0.3 is 5.32 Å². The summed E-state index contributed by atoms with van der Waals surface area (Å²) >= 11 is 0. The van der Waals surface area contributed by atoms with E-state index in [0.717, 1.165) is 6.21 Å². The maximum absolute atomic E-state index is 14.2. The molecular formula is C15H20F2N2O. The lowest BCUT2D eigenvalue weighted by Gasteiger charge is -2.21. The summed E-state index contributed by atoms with van der Waals surface area (Å²) in [7, 11) is 2.89. The molecule has 0 bridgehead atoms. The molecular weight excluding hydrogens is 262 g/mol. The van der Waals surface area contributed by atoms with Crippen LogP contribution in [0.5, 0.6) is 0 Å². The standard InChI is InChI=1S/C15H20F2N2O/c1-9-5-6-11(12(16)7-9)14(13(17)8-18-3)10(2)15(20)19-4/h5-6,8-10H,7H2,1-4H3,(H,19,20)/b14-13-,18-8?. The molecule has 0 saturated heterocycles. The van der Waals surface area contributed by atoms with Gasteiger partial charge in [-0.15, -0.1) is 0 Å². The van der Waals surface area contributed by atoms with Gasteiger partial charge in [0, 0.05) is 31.7 Å². The largest absolute Gasteiger partial charge is 0.359 e. The van der Waals surface area contributed by atoms with Crippen molar-refractivity contribution >= 4 is 12.1 Å². The van der Waals surface area contributed by atoms with Crippen molar-refractivity contribution in [1.29, 1.82) is 0 Å². The molecule has 0 aromatic carbocycles. The van der Waals surface area contributed by atoms with Crippen LogP contribution in [0.15, 0.2) is 39.9 Å². The molecule has 1 rings (SSSR count). The summed E-state index contributed by atoms with van der Waals surface area (Å²) in [5.74, 6) is -2.18. The van der Waals surface area contributed by atoms with Crippen LogP contribution >= 0.6 is 0 Å². The minimum Gasteiger partial charge on any atom is -0.359 e. The first-order valence-electron chi connectivity index (χ1n) is 6.53. The summed E-state index contributed by atoms with van der Waals surface area (Å²) in [4.78, 5) is 15.4. The first-order chi connectivity index (χ1) is 9.42. The number of nitrogens with zero attached hydrogens (tertiary/aromatic N) is 1. The van der Waals surface area contributed by atoms with Crippen LogP contribution in [-0.4, -0.2) is 26.2 Å². The Bertz CT molecular complexity index is 504. The molecule has 0 aliphatic heterocycles. The average Bonchev–Trinajstić information content (AvgIpc) is 2.40. The monoisotopic (exact) mass is 282 g/mol. The third-order valence-electron chi connectivity index (χ3n) is 3.25. The number of halogens is 2. The molecule has 2 unspecified atom stereocenters. The van der Waals surface area contributed by atoms with Crippen LogP contribution < -0.4 is 5.32 Å². The number of hydrogen-bond acceptors (Lipinski definition) is 2. The van der Waals surface area contributed by atoms with Gasteiger partial charge >= 0.3 is 0 Å². The van der Waals surface area contributed by atoms with Crippen molar-refractivity contribution in [2.75, 3.05) is 14.1 Å². The molecule has 0 heterocycles. The fourth-order valence-electron chi connectivity index (χ4n) is 2.15. The Morgan fingerprint density at radius 2 is 2.25 bits per heavy atom. The molecule has 0 spiro atoms. The smallest absolute Gasteiger partial charge is 0.227 e. The number of allylic oxidation sites excluding steroid dienone is 5. The normalized spacial score (nSPS) is 22.0. The van der Waals surface area contributed by atoms with Crippen LogP contribution in [0.1, 0.15) is 20.3 Å². The van der Waals surface area contributed by atoms with Gasteiger partial charge in [0.2, 0.25) is 5.91 Å². The summed E-state index contributed by atoms with van der Waals surface area (Å²) in [5.41, 5.74) is 0.187. The van der Waals surface area contributed by atoms with Gasteiger partial charge in [-0.2, -0.15) is 0 Å². The number of carbonyl (C=O) groups is 1. The lowest BCUT2D eigenvalue weighted by molar-refractivity contribution is -0.122. The SMILES string of the molecule is CN=C/C(F)=C(/C1=C(F)CC(C)C=C1)C(C)C(=O)NC. The van der Waals surface area contributed by atoms with E-state index in [2.05, 4.69) is 10.3 Å². The second kappa shape index (κ2) is 7.12.